The Bertz CT molecular complexity index is 758. The van der Waals surface area contributed by atoms with Crippen molar-refractivity contribution < 1.29 is 4.79 Å². The molecule has 0 aromatic heterocycles. The molecule has 2 aromatic rings. The lowest BCUT2D eigenvalue weighted by atomic mass is 10.0. The van der Waals surface area contributed by atoms with Gasteiger partial charge in [0, 0.05) is 16.1 Å². The largest absolute Gasteiger partial charge is 0.322 e. The van der Waals surface area contributed by atoms with Crippen molar-refractivity contribution in [2.24, 2.45) is 10.7 Å². The molecule has 1 aliphatic rings. The lowest BCUT2D eigenvalue weighted by molar-refractivity contribution is -0.117. The summed E-state index contributed by atoms with van der Waals surface area (Å²) in [7, 11) is 0. The summed E-state index contributed by atoms with van der Waals surface area (Å²) in [6.45, 7) is 0. The van der Waals surface area contributed by atoms with Gasteiger partial charge >= 0.3 is 0 Å². The van der Waals surface area contributed by atoms with Gasteiger partial charge in [-0.05, 0) is 24.3 Å². The van der Waals surface area contributed by atoms with Crippen molar-refractivity contribution in [2.75, 3.05) is 5.32 Å². The van der Waals surface area contributed by atoms with Gasteiger partial charge in [-0.25, -0.2) is 0 Å². The SMILES string of the molecule is N[C@@H]1N=C(c2cc(Cl)ccc2Cl)c2ccccc2NC1=O. The first-order valence-corrected chi connectivity index (χ1v) is 7.01. The lowest BCUT2D eigenvalue weighted by Crippen LogP contribution is -2.33. The number of hydrogen-bond donors (Lipinski definition) is 2. The van der Waals surface area contributed by atoms with Crippen LogP contribution in [-0.4, -0.2) is 17.8 Å². The average Bonchev–Trinajstić information content (AvgIpc) is 2.59. The van der Waals surface area contributed by atoms with E-state index in [2.05, 4.69) is 10.3 Å². The van der Waals surface area contributed by atoms with E-state index >= 15 is 0 Å². The number of nitrogens with zero attached hydrogens (tertiary/aromatic N) is 1. The molecule has 0 radical (unpaired) electrons. The number of nitrogens with one attached hydrogen (secondary N) is 1. The van der Waals surface area contributed by atoms with Crippen molar-refractivity contribution in [1.82, 2.24) is 0 Å². The van der Waals surface area contributed by atoms with Crippen LogP contribution < -0.4 is 11.1 Å². The van der Waals surface area contributed by atoms with E-state index in [9.17, 15) is 4.79 Å². The Kier molecular flexibility index (Phi) is 3.68. The molecule has 0 fully saturated rings. The van der Waals surface area contributed by atoms with Gasteiger partial charge < -0.3 is 11.1 Å². The van der Waals surface area contributed by atoms with Gasteiger partial charge in [0.2, 0.25) is 0 Å². The van der Waals surface area contributed by atoms with Crippen molar-refractivity contribution in [1.29, 1.82) is 0 Å². The summed E-state index contributed by atoms with van der Waals surface area (Å²) in [5, 5.41) is 3.78. The van der Waals surface area contributed by atoms with E-state index in [0.29, 0.717) is 27.0 Å². The van der Waals surface area contributed by atoms with Crippen LogP contribution in [0.5, 0.6) is 0 Å². The van der Waals surface area contributed by atoms with E-state index < -0.39 is 6.17 Å². The molecule has 1 amide bonds. The molecule has 1 aliphatic heterocycles. The molecule has 4 nitrogen and oxygen atoms in total. The topological polar surface area (TPSA) is 67.5 Å². The van der Waals surface area contributed by atoms with Gasteiger partial charge in [-0.2, -0.15) is 0 Å². The second-order valence-electron chi connectivity index (χ2n) is 4.58. The molecule has 0 saturated heterocycles. The normalized spacial score (nSPS) is 17.6. The summed E-state index contributed by atoms with van der Waals surface area (Å²) in [4.78, 5) is 16.2. The van der Waals surface area contributed by atoms with Crippen LogP contribution in [0.3, 0.4) is 0 Å². The number of benzene rings is 2. The molecule has 0 saturated carbocycles. The predicted octanol–water partition coefficient (Wildman–Crippen LogP) is 3.07. The van der Waals surface area contributed by atoms with Crippen molar-refractivity contribution in [3.8, 4) is 0 Å². The number of amides is 1. The molecule has 3 N–H and O–H groups in total. The number of halogens is 2. The summed E-state index contributed by atoms with van der Waals surface area (Å²) in [5.74, 6) is -0.365. The van der Waals surface area contributed by atoms with Crippen molar-refractivity contribution in [3.05, 3.63) is 63.6 Å². The third kappa shape index (κ3) is 2.65. The fraction of sp³-hybridized carbons (Fsp3) is 0.0667. The molecule has 21 heavy (non-hydrogen) atoms. The van der Waals surface area contributed by atoms with E-state index in [4.69, 9.17) is 28.9 Å². The Morgan fingerprint density at radius 3 is 2.67 bits per heavy atom. The highest BCUT2D eigenvalue weighted by Crippen LogP contribution is 2.28. The fourth-order valence-corrected chi connectivity index (χ4v) is 2.55. The second-order valence-corrected chi connectivity index (χ2v) is 5.43. The Balaban J connectivity index is 2.26. The van der Waals surface area contributed by atoms with E-state index in [1.807, 2.05) is 18.2 Å². The van der Waals surface area contributed by atoms with Gasteiger partial charge in [-0.1, -0.05) is 41.4 Å². The standard InChI is InChI=1S/C15H11Cl2N3O/c16-8-5-6-11(17)10(7-8)13-9-3-1-2-4-12(9)19-15(21)14(18)20-13/h1-7,14H,18H2,(H,19,21)/t14-/m1/s1. The summed E-state index contributed by atoms with van der Waals surface area (Å²) in [6.07, 6.45) is -0.998. The van der Waals surface area contributed by atoms with Gasteiger partial charge in [-0.15, -0.1) is 0 Å². The molecular weight excluding hydrogens is 309 g/mol. The number of anilines is 1. The summed E-state index contributed by atoms with van der Waals surface area (Å²) in [5.41, 5.74) is 8.38. The van der Waals surface area contributed by atoms with Crippen LogP contribution in [0.2, 0.25) is 10.0 Å². The highest BCUT2D eigenvalue weighted by atomic mass is 35.5. The van der Waals surface area contributed by atoms with Crippen LogP contribution in [-0.2, 0) is 4.79 Å². The Hall–Kier alpha value is -1.88. The highest BCUT2D eigenvalue weighted by molar-refractivity contribution is 6.37. The first-order valence-electron chi connectivity index (χ1n) is 6.25. The molecule has 106 valence electrons. The second kappa shape index (κ2) is 5.48. The Morgan fingerprint density at radius 2 is 1.86 bits per heavy atom. The summed E-state index contributed by atoms with van der Waals surface area (Å²) in [6, 6.07) is 12.4. The van der Waals surface area contributed by atoms with Gasteiger partial charge in [0.05, 0.1) is 16.4 Å². The van der Waals surface area contributed by atoms with E-state index in [1.165, 1.54) is 0 Å². The monoisotopic (exact) mass is 319 g/mol. The smallest absolute Gasteiger partial charge is 0.263 e. The number of aliphatic imine (C=N–C) groups is 1. The maximum Gasteiger partial charge on any atom is 0.263 e. The molecule has 0 unspecified atom stereocenters. The first-order chi connectivity index (χ1) is 10.1. The number of rotatable bonds is 1. The number of para-hydroxylation sites is 1. The van der Waals surface area contributed by atoms with Crippen molar-refractivity contribution >= 4 is 40.5 Å². The summed E-state index contributed by atoms with van der Waals surface area (Å²) >= 11 is 12.3. The molecule has 0 aliphatic carbocycles. The molecule has 2 aromatic carbocycles. The van der Waals surface area contributed by atoms with Gasteiger partial charge in [-0.3, -0.25) is 9.79 Å². The minimum atomic E-state index is -0.998. The van der Waals surface area contributed by atoms with E-state index in [-0.39, 0.29) is 5.91 Å². The fourth-order valence-electron chi connectivity index (χ4n) is 2.17. The maximum atomic E-state index is 11.9. The quantitative estimate of drug-likeness (QED) is 0.848. The van der Waals surface area contributed by atoms with Crippen molar-refractivity contribution in [2.45, 2.75) is 6.17 Å². The average molecular weight is 320 g/mol. The number of nitrogens with two attached hydrogens (primary N) is 1. The zero-order valence-corrected chi connectivity index (χ0v) is 12.3. The predicted molar refractivity (Wildman–Crippen MR) is 85.1 cm³/mol. The molecule has 1 atom stereocenters. The third-order valence-electron chi connectivity index (χ3n) is 3.16. The number of carbonyl (C=O) groups excluding carboxylic acids is 1. The van der Waals surface area contributed by atoms with Crippen LogP contribution in [0.4, 0.5) is 5.69 Å². The third-order valence-corrected chi connectivity index (χ3v) is 3.73. The van der Waals surface area contributed by atoms with E-state index in [0.717, 1.165) is 5.56 Å². The Morgan fingerprint density at radius 1 is 1.10 bits per heavy atom. The van der Waals surface area contributed by atoms with Gasteiger partial charge in [0.25, 0.3) is 5.91 Å². The van der Waals surface area contributed by atoms with Crippen LogP contribution in [0.15, 0.2) is 47.5 Å². The minimum absolute atomic E-state index is 0.365. The van der Waals surface area contributed by atoms with Gasteiger partial charge in [0.15, 0.2) is 6.17 Å². The van der Waals surface area contributed by atoms with Crippen LogP contribution in [0.25, 0.3) is 0 Å². The van der Waals surface area contributed by atoms with Crippen molar-refractivity contribution in [3.63, 3.8) is 0 Å². The Labute approximate surface area is 131 Å². The molecule has 0 spiro atoms. The highest BCUT2D eigenvalue weighted by Gasteiger charge is 2.23. The molecule has 6 heteroatoms. The zero-order chi connectivity index (χ0) is 15.0. The molecular formula is C15H11Cl2N3O. The molecule has 3 rings (SSSR count). The number of benzodiazepines with no additional fused rings is 1. The first kappa shape index (κ1) is 14.1. The van der Waals surface area contributed by atoms with Crippen LogP contribution in [0.1, 0.15) is 11.1 Å². The number of hydrogen-bond acceptors (Lipinski definition) is 3. The summed E-state index contributed by atoms with van der Waals surface area (Å²) < 4.78 is 0. The van der Waals surface area contributed by atoms with Crippen LogP contribution in [0, 0.1) is 0 Å². The lowest BCUT2D eigenvalue weighted by Gasteiger charge is -2.11. The maximum absolute atomic E-state index is 11.9. The molecule has 0 bridgehead atoms. The number of carbonyl (C=O) groups is 1. The van der Waals surface area contributed by atoms with E-state index in [1.54, 1.807) is 24.3 Å². The minimum Gasteiger partial charge on any atom is -0.322 e. The molecule has 1 heterocycles. The number of fused-ring (bicyclic) bond motifs is 1. The van der Waals surface area contributed by atoms with Gasteiger partial charge in [0.1, 0.15) is 0 Å². The van der Waals surface area contributed by atoms with Crippen LogP contribution >= 0.6 is 23.2 Å². The zero-order valence-electron chi connectivity index (χ0n) is 10.8.